The number of allylic oxidation sites excluding steroid dienone is 2. The summed E-state index contributed by atoms with van der Waals surface area (Å²) in [6.07, 6.45) is 5.99. The molecule has 0 fully saturated rings. The van der Waals surface area contributed by atoms with E-state index in [0.29, 0.717) is 5.69 Å². The van der Waals surface area contributed by atoms with Gasteiger partial charge in [-0.05, 0) is 5.69 Å². The molecule has 0 amide bonds. The first-order valence-electron chi connectivity index (χ1n) is 3.32. The molecule has 1 nitrogen and oxygen atoms in total. The van der Waals surface area contributed by atoms with Crippen molar-refractivity contribution in [3.05, 3.63) is 54.6 Å². The second kappa shape index (κ2) is 6.16. The molecule has 2 N–H and O–H groups in total. The predicted molar refractivity (Wildman–Crippen MR) is 46.6 cm³/mol. The van der Waals surface area contributed by atoms with Gasteiger partial charge in [0.1, 0.15) is 0 Å². The Morgan fingerprint density at radius 3 is 2.58 bits per heavy atom. The van der Waals surface area contributed by atoms with E-state index in [4.69, 9.17) is 12.3 Å². The fourth-order valence-corrected chi connectivity index (χ4v) is 0.766. The summed E-state index contributed by atoms with van der Waals surface area (Å²) in [5, 5.41) is 0. The zero-order valence-corrected chi connectivity index (χ0v) is 9.53. The third kappa shape index (κ3) is 3.33. The van der Waals surface area contributed by atoms with E-state index in [0.717, 1.165) is 5.56 Å². The maximum atomic E-state index is 5.62. The van der Waals surface area contributed by atoms with Gasteiger partial charge in [-0.1, -0.05) is 12.1 Å². The third-order valence-electron chi connectivity index (χ3n) is 1.30. The Hall–Kier alpha value is -0.396. The molecule has 0 atom stereocenters. The van der Waals surface area contributed by atoms with Gasteiger partial charge in [-0.15, -0.1) is 17.7 Å². The zero-order chi connectivity index (χ0) is 8.10. The number of anilines is 1. The van der Waals surface area contributed by atoms with Crippen molar-refractivity contribution < 1.29 is 32.7 Å². The summed E-state index contributed by atoms with van der Waals surface area (Å²) >= 11 is 0. The van der Waals surface area contributed by atoms with Gasteiger partial charge in [0.15, 0.2) is 0 Å². The van der Waals surface area contributed by atoms with Gasteiger partial charge in [-0.2, -0.15) is 0 Å². The molecule has 0 aliphatic heterocycles. The van der Waals surface area contributed by atoms with Crippen LogP contribution in [0.4, 0.5) is 5.69 Å². The van der Waals surface area contributed by atoms with Crippen molar-refractivity contribution >= 4 is 5.69 Å². The van der Waals surface area contributed by atoms with Crippen LogP contribution in [-0.4, -0.2) is 0 Å². The molecule has 1 radical (unpaired) electrons. The van der Waals surface area contributed by atoms with Crippen molar-refractivity contribution in [3.8, 4) is 0 Å². The number of nitrogens with two attached hydrogens (primary N) is 1. The van der Waals surface area contributed by atoms with E-state index in [1.54, 1.807) is 6.08 Å². The molecule has 0 aliphatic rings. The second-order valence-electron chi connectivity index (χ2n) is 2.09. The van der Waals surface area contributed by atoms with Crippen molar-refractivity contribution in [1.82, 2.24) is 0 Å². The van der Waals surface area contributed by atoms with Crippen LogP contribution in [0.3, 0.4) is 0 Å². The zero-order valence-electron chi connectivity index (χ0n) is 6.70. The van der Waals surface area contributed by atoms with Crippen LogP contribution in [0.1, 0.15) is 5.56 Å². The molecule has 12 heavy (non-hydrogen) atoms. The van der Waals surface area contributed by atoms with E-state index in [1.807, 2.05) is 24.3 Å². The van der Waals surface area contributed by atoms with Gasteiger partial charge in [0, 0.05) is 32.7 Å². The van der Waals surface area contributed by atoms with E-state index >= 15 is 0 Å². The fraction of sp³-hybridized carbons (Fsp3) is 0. The molecule has 0 heterocycles. The molecular formula is C10H9NY-2. The van der Waals surface area contributed by atoms with Crippen LogP contribution >= 0.6 is 0 Å². The monoisotopic (exact) mass is 232 g/mol. The summed E-state index contributed by atoms with van der Waals surface area (Å²) in [4.78, 5) is 0. The molecule has 0 saturated heterocycles. The number of hydrogen-bond donors (Lipinski definition) is 1. The van der Waals surface area contributed by atoms with E-state index < -0.39 is 0 Å². The first-order valence-corrected chi connectivity index (χ1v) is 3.32. The smallest absolute Gasteiger partial charge is 0 e. The number of rotatable bonds is 2. The van der Waals surface area contributed by atoms with Gasteiger partial charge in [-0.25, -0.2) is 6.08 Å². The van der Waals surface area contributed by atoms with Crippen molar-refractivity contribution in [1.29, 1.82) is 0 Å². The Morgan fingerprint density at radius 2 is 2.00 bits per heavy atom. The predicted octanol–water partition coefficient (Wildman–Crippen LogP) is 1.96. The summed E-state index contributed by atoms with van der Waals surface area (Å²) < 4.78 is 0. The quantitative estimate of drug-likeness (QED) is 0.470. The molecule has 0 aliphatic carbocycles. The maximum Gasteiger partial charge on any atom is 0 e. The van der Waals surface area contributed by atoms with Crippen molar-refractivity contribution in [2.24, 2.45) is 0 Å². The molecule has 0 saturated carbocycles. The summed E-state index contributed by atoms with van der Waals surface area (Å²) in [6.45, 7) is 5.14. The standard InChI is InChI=1S/C10H9N.Y/c1-2-3-6-9-7-4-5-8-10(9)11;/h1-5,7-8H,11H2;/q-2;. The van der Waals surface area contributed by atoms with Crippen LogP contribution in [0.5, 0.6) is 0 Å². The van der Waals surface area contributed by atoms with Crippen molar-refractivity contribution in [2.75, 3.05) is 5.73 Å². The largest absolute Gasteiger partial charge is 0.436 e. The van der Waals surface area contributed by atoms with Gasteiger partial charge in [0.05, 0.1) is 0 Å². The van der Waals surface area contributed by atoms with Crippen LogP contribution in [-0.2, 0) is 32.7 Å². The Bertz CT molecular complexity index is 279. The Morgan fingerprint density at radius 1 is 1.33 bits per heavy atom. The summed E-state index contributed by atoms with van der Waals surface area (Å²) in [5.41, 5.74) is 7.21. The van der Waals surface area contributed by atoms with Crippen LogP contribution < -0.4 is 5.73 Å². The van der Waals surface area contributed by atoms with E-state index in [1.165, 1.54) is 6.08 Å². The van der Waals surface area contributed by atoms with Crippen LogP contribution in [0.2, 0.25) is 0 Å². The first-order chi connectivity index (χ1) is 5.34. The molecule has 0 spiro atoms. The molecule has 1 rings (SSSR count). The minimum Gasteiger partial charge on any atom is -0.436 e. The van der Waals surface area contributed by atoms with Crippen molar-refractivity contribution in [2.45, 2.75) is 0 Å². The molecule has 0 bridgehead atoms. The van der Waals surface area contributed by atoms with Crippen molar-refractivity contribution in [3.63, 3.8) is 0 Å². The SMILES string of the molecule is [CH-]=CC=[C-]c1ccccc1N.[Y]. The molecule has 0 unspecified atom stereocenters. The average molecular weight is 232 g/mol. The Kier molecular flexibility index (Phi) is 5.95. The number of para-hydroxylation sites is 1. The van der Waals surface area contributed by atoms with Gasteiger partial charge < -0.3 is 18.4 Å². The fourth-order valence-electron chi connectivity index (χ4n) is 0.766. The van der Waals surface area contributed by atoms with Gasteiger partial charge in [0.25, 0.3) is 0 Å². The normalized spacial score (nSPS) is 9.33. The van der Waals surface area contributed by atoms with Crippen LogP contribution in [0.15, 0.2) is 36.4 Å². The summed E-state index contributed by atoms with van der Waals surface area (Å²) in [6, 6.07) is 7.50. The van der Waals surface area contributed by atoms with E-state index in [2.05, 4.69) is 6.08 Å². The molecule has 1 aromatic rings. The maximum absolute atomic E-state index is 5.62. The van der Waals surface area contributed by atoms with Crippen LogP contribution in [0, 0.1) is 12.7 Å². The summed E-state index contributed by atoms with van der Waals surface area (Å²) in [7, 11) is 0. The summed E-state index contributed by atoms with van der Waals surface area (Å²) in [5.74, 6) is 0. The Balaban J connectivity index is 0.00000121. The van der Waals surface area contributed by atoms with E-state index in [9.17, 15) is 0 Å². The molecular weight excluding hydrogens is 223 g/mol. The first kappa shape index (κ1) is 11.6. The topological polar surface area (TPSA) is 26.0 Å². The minimum absolute atomic E-state index is 0. The molecule has 59 valence electrons. The van der Waals surface area contributed by atoms with Gasteiger partial charge in [-0.3, -0.25) is 6.08 Å². The number of hydrogen-bond acceptors (Lipinski definition) is 1. The van der Waals surface area contributed by atoms with E-state index in [-0.39, 0.29) is 32.7 Å². The number of nitrogen functional groups attached to an aromatic ring is 1. The molecule has 2 heteroatoms. The van der Waals surface area contributed by atoms with Gasteiger partial charge in [0.2, 0.25) is 0 Å². The molecule has 1 aromatic carbocycles. The second-order valence-corrected chi connectivity index (χ2v) is 2.09. The minimum atomic E-state index is 0. The van der Waals surface area contributed by atoms with Crippen LogP contribution in [0.25, 0.3) is 0 Å². The Labute approximate surface area is 98.2 Å². The average Bonchev–Trinajstić information content (AvgIpc) is 2.03. The van der Waals surface area contributed by atoms with Gasteiger partial charge >= 0.3 is 0 Å². The third-order valence-corrected chi connectivity index (χ3v) is 1.30. The molecule has 0 aromatic heterocycles. The number of benzene rings is 1.